The summed E-state index contributed by atoms with van der Waals surface area (Å²) in [5, 5.41) is 3.19. The number of hydrogen-bond donors (Lipinski definition) is 1. The number of rotatable bonds is 8. The van der Waals surface area contributed by atoms with Gasteiger partial charge in [0.1, 0.15) is 5.75 Å². The molecule has 170 valence electrons. The number of nitrogens with zero attached hydrogens (tertiary/aromatic N) is 2. The van der Waals surface area contributed by atoms with E-state index in [0.717, 1.165) is 62.4 Å². The maximum atomic E-state index is 12.4. The molecule has 0 atom stereocenters. The molecule has 2 aliphatic heterocycles. The van der Waals surface area contributed by atoms with Gasteiger partial charge in [0, 0.05) is 30.6 Å². The van der Waals surface area contributed by atoms with E-state index in [1.165, 1.54) is 4.90 Å². The first-order valence-corrected chi connectivity index (χ1v) is 12.3. The molecule has 2 aromatic rings. The zero-order valence-corrected chi connectivity index (χ0v) is 19.4. The molecular weight excluding hydrogens is 422 g/mol. The lowest BCUT2D eigenvalue weighted by atomic mass is 10.0. The fraction of sp³-hybridized carbons (Fsp3) is 0.440. The fourth-order valence-corrected chi connectivity index (χ4v) is 5.33. The van der Waals surface area contributed by atoms with Gasteiger partial charge in [-0.1, -0.05) is 24.3 Å². The molecule has 2 heterocycles. The molecule has 0 radical (unpaired) electrons. The van der Waals surface area contributed by atoms with E-state index < -0.39 is 0 Å². The van der Waals surface area contributed by atoms with Crippen molar-refractivity contribution in [2.45, 2.75) is 36.6 Å². The maximum Gasteiger partial charge on any atom is 0.237 e. The number of nitrogens with one attached hydrogen (secondary N) is 1. The van der Waals surface area contributed by atoms with Gasteiger partial charge in [0.25, 0.3) is 0 Å². The number of methoxy groups -OCH3 is 1. The molecule has 2 amide bonds. The van der Waals surface area contributed by atoms with Crippen LogP contribution in [0.15, 0.2) is 53.4 Å². The van der Waals surface area contributed by atoms with Gasteiger partial charge < -0.3 is 19.9 Å². The van der Waals surface area contributed by atoms with Crippen molar-refractivity contribution in [2.24, 2.45) is 0 Å². The van der Waals surface area contributed by atoms with Gasteiger partial charge in [-0.3, -0.25) is 9.59 Å². The van der Waals surface area contributed by atoms with Gasteiger partial charge in [0.15, 0.2) is 0 Å². The van der Waals surface area contributed by atoms with E-state index in [1.54, 1.807) is 18.9 Å². The van der Waals surface area contributed by atoms with Crippen molar-refractivity contribution in [3.8, 4) is 5.75 Å². The average molecular weight is 454 g/mol. The van der Waals surface area contributed by atoms with Crippen LogP contribution < -0.4 is 15.0 Å². The Morgan fingerprint density at radius 2 is 1.94 bits per heavy atom. The van der Waals surface area contributed by atoms with E-state index in [-0.39, 0.29) is 17.9 Å². The predicted molar refractivity (Wildman–Crippen MR) is 128 cm³/mol. The van der Waals surface area contributed by atoms with Crippen molar-refractivity contribution in [3.63, 3.8) is 0 Å². The zero-order chi connectivity index (χ0) is 22.3. The number of piperidine rings is 1. The number of likely N-dealkylation sites (tertiary alicyclic amines) is 1. The van der Waals surface area contributed by atoms with E-state index in [2.05, 4.69) is 16.3 Å². The molecule has 1 saturated heterocycles. The molecule has 0 spiro atoms. The van der Waals surface area contributed by atoms with Gasteiger partial charge in [-0.05, 0) is 55.6 Å². The van der Waals surface area contributed by atoms with Crippen LogP contribution in [0.5, 0.6) is 5.75 Å². The van der Waals surface area contributed by atoms with E-state index >= 15 is 0 Å². The minimum Gasteiger partial charge on any atom is -0.497 e. The van der Waals surface area contributed by atoms with Crippen molar-refractivity contribution in [3.05, 3.63) is 54.1 Å². The Morgan fingerprint density at radius 1 is 1.12 bits per heavy atom. The number of anilines is 1. The summed E-state index contributed by atoms with van der Waals surface area (Å²) in [7, 11) is 1.63. The molecule has 1 N–H and O–H groups in total. The Balaban J connectivity index is 1.18. The van der Waals surface area contributed by atoms with Crippen molar-refractivity contribution in [2.75, 3.05) is 43.9 Å². The van der Waals surface area contributed by atoms with Crippen molar-refractivity contribution in [1.29, 1.82) is 0 Å². The van der Waals surface area contributed by atoms with Gasteiger partial charge in [0.05, 0.1) is 25.0 Å². The number of benzene rings is 2. The number of carbonyl (C=O) groups excluding carboxylic acids is 2. The van der Waals surface area contributed by atoms with Crippen molar-refractivity contribution >= 4 is 29.3 Å². The Bertz CT molecular complexity index is 944. The molecule has 0 unspecified atom stereocenters. The molecule has 7 heteroatoms. The highest BCUT2D eigenvalue weighted by Crippen LogP contribution is 2.34. The normalized spacial score (nSPS) is 17.2. The van der Waals surface area contributed by atoms with Crippen LogP contribution in [0.2, 0.25) is 0 Å². The molecule has 2 aliphatic rings. The summed E-state index contributed by atoms with van der Waals surface area (Å²) in [6.07, 6.45) is 3.26. The van der Waals surface area contributed by atoms with E-state index in [1.807, 2.05) is 47.4 Å². The summed E-state index contributed by atoms with van der Waals surface area (Å²) in [4.78, 5) is 30.4. The largest absolute Gasteiger partial charge is 0.497 e. The highest BCUT2D eigenvalue weighted by Gasteiger charge is 2.25. The third-order valence-corrected chi connectivity index (χ3v) is 7.16. The summed E-state index contributed by atoms with van der Waals surface area (Å²) in [5.74, 6) is 1.57. The molecule has 4 rings (SSSR count). The van der Waals surface area contributed by atoms with Gasteiger partial charge in [-0.25, -0.2) is 0 Å². The van der Waals surface area contributed by atoms with Crippen LogP contribution in [0.4, 0.5) is 5.69 Å². The maximum absolute atomic E-state index is 12.4. The van der Waals surface area contributed by atoms with Crippen LogP contribution in [-0.2, 0) is 16.0 Å². The molecular formula is C25H31N3O3S. The fourth-order valence-electron chi connectivity index (χ4n) is 4.40. The van der Waals surface area contributed by atoms with Crippen LogP contribution in [0.1, 0.15) is 24.8 Å². The van der Waals surface area contributed by atoms with Crippen LogP contribution >= 0.6 is 11.8 Å². The first kappa shape index (κ1) is 22.7. The molecule has 0 aliphatic carbocycles. The Morgan fingerprint density at radius 3 is 2.75 bits per heavy atom. The molecule has 0 bridgehead atoms. The van der Waals surface area contributed by atoms with E-state index in [4.69, 9.17) is 4.74 Å². The van der Waals surface area contributed by atoms with Gasteiger partial charge in [-0.2, -0.15) is 0 Å². The van der Waals surface area contributed by atoms with E-state index in [9.17, 15) is 9.59 Å². The summed E-state index contributed by atoms with van der Waals surface area (Å²) >= 11 is 1.63. The lowest BCUT2D eigenvalue weighted by molar-refractivity contribution is -0.121. The third-order valence-electron chi connectivity index (χ3n) is 6.12. The van der Waals surface area contributed by atoms with E-state index in [0.29, 0.717) is 12.2 Å². The highest BCUT2D eigenvalue weighted by atomic mass is 32.2. The predicted octanol–water partition coefficient (Wildman–Crippen LogP) is 3.35. The summed E-state index contributed by atoms with van der Waals surface area (Å²) in [6.45, 7) is 3.69. The average Bonchev–Trinajstić information content (AvgIpc) is 2.81. The topological polar surface area (TPSA) is 61.9 Å². The number of amides is 2. The Hall–Kier alpha value is -2.51. The Labute approximate surface area is 194 Å². The van der Waals surface area contributed by atoms with Gasteiger partial charge >= 0.3 is 0 Å². The van der Waals surface area contributed by atoms with Crippen molar-refractivity contribution in [1.82, 2.24) is 10.2 Å². The number of para-hydroxylation sites is 1. The standard InChI is InChI=1S/C25H31N3O3S/c1-31-21-7-4-6-19(16-21)17-24(29)26-20-10-14-27(15-11-20)12-5-13-28-22-8-2-3-9-23(22)32-18-25(28)30/h2-4,6-9,16,20H,5,10-15,17-18H2,1H3,(H,26,29). The second kappa shape index (κ2) is 10.9. The number of carbonyl (C=O) groups is 2. The number of hydrogen-bond acceptors (Lipinski definition) is 5. The summed E-state index contributed by atoms with van der Waals surface area (Å²) in [5.41, 5.74) is 2.01. The number of ether oxygens (including phenoxy) is 1. The molecule has 32 heavy (non-hydrogen) atoms. The van der Waals surface area contributed by atoms with Crippen LogP contribution in [0.3, 0.4) is 0 Å². The molecule has 1 fully saturated rings. The SMILES string of the molecule is COc1cccc(CC(=O)NC2CCN(CCCN3C(=O)CSc4ccccc43)CC2)c1. The zero-order valence-electron chi connectivity index (χ0n) is 18.6. The molecule has 0 saturated carbocycles. The van der Waals surface area contributed by atoms with Gasteiger partial charge in [0.2, 0.25) is 11.8 Å². The third kappa shape index (κ3) is 5.84. The molecule has 2 aromatic carbocycles. The van der Waals surface area contributed by atoms with Crippen LogP contribution in [-0.4, -0.2) is 61.8 Å². The minimum absolute atomic E-state index is 0.0665. The highest BCUT2D eigenvalue weighted by molar-refractivity contribution is 8.00. The molecule has 0 aromatic heterocycles. The lowest BCUT2D eigenvalue weighted by Crippen LogP contribution is -2.45. The molecule has 6 nitrogen and oxygen atoms in total. The number of thioether (sulfide) groups is 1. The Kier molecular flexibility index (Phi) is 7.71. The second-order valence-corrected chi connectivity index (χ2v) is 9.38. The number of fused-ring (bicyclic) bond motifs is 1. The lowest BCUT2D eigenvalue weighted by Gasteiger charge is -2.33. The van der Waals surface area contributed by atoms with Crippen LogP contribution in [0.25, 0.3) is 0 Å². The van der Waals surface area contributed by atoms with Crippen LogP contribution in [0, 0.1) is 0 Å². The first-order valence-electron chi connectivity index (χ1n) is 11.3. The second-order valence-electron chi connectivity index (χ2n) is 8.37. The summed E-state index contributed by atoms with van der Waals surface area (Å²) in [6, 6.07) is 16.0. The first-order chi connectivity index (χ1) is 15.6. The quantitative estimate of drug-likeness (QED) is 0.664. The van der Waals surface area contributed by atoms with Gasteiger partial charge in [-0.15, -0.1) is 11.8 Å². The summed E-state index contributed by atoms with van der Waals surface area (Å²) < 4.78 is 5.23. The smallest absolute Gasteiger partial charge is 0.237 e. The van der Waals surface area contributed by atoms with Crippen molar-refractivity contribution < 1.29 is 14.3 Å². The monoisotopic (exact) mass is 453 g/mol. The minimum atomic E-state index is 0.0665.